The fourth-order valence-corrected chi connectivity index (χ4v) is 2.74. The first-order valence-electron chi connectivity index (χ1n) is 7.95. The predicted octanol–water partition coefficient (Wildman–Crippen LogP) is 2.97. The molecule has 1 saturated heterocycles. The minimum atomic E-state index is 0.797. The Morgan fingerprint density at radius 2 is 2.05 bits per heavy atom. The average molecular weight is 276 g/mol. The summed E-state index contributed by atoms with van der Waals surface area (Å²) in [6, 6.07) is 6.42. The summed E-state index contributed by atoms with van der Waals surface area (Å²) >= 11 is 0. The number of hydrogen-bond acceptors (Lipinski definition) is 3. The first kappa shape index (κ1) is 15.3. The van der Waals surface area contributed by atoms with Gasteiger partial charge in [-0.05, 0) is 51.4 Å². The molecule has 1 aliphatic rings. The molecule has 2 rings (SSSR count). The normalized spacial score (nSPS) is 15.7. The molecule has 0 radical (unpaired) electrons. The van der Waals surface area contributed by atoms with Gasteiger partial charge in [0, 0.05) is 18.7 Å². The SMILES string of the molecule is CCCNCc1cccc(C)c1OCCN1CCCC1. The molecule has 0 spiro atoms. The summed E-state index contributed by atoms with van der Waals surface area (Å²) in [6.45, 7) is 10.6. The Hall–Kier alpha value is -1.06. The van der Waals surface area contributed by atoms with E-state index in [1.165, 1.54) is 37.1 Å². The highest BCUT2D eigenvalue weighted by atomic mass is 16.5. The van der Waals surface area contributed by atoms with Crippen LogP contribution in [0.25, 0.3) is 0 Å². The second-order valence-electron chi connectivity index (χ2n) is 5.64. The van der Waals surface area contributed by atoms with E-state index in [0.29, 0.717) is 0 Å². The van der Waals surface area contributed by atoms with Crippen LogP contribution < -0.4 is 10.1 Å². The summed E-state index contributed by atoms with van der Waals surface area (Å²) in [5, 5.41) is 3.46. The van der Waals surface area contributed by atoms with Crippen molar-refractivity contribution in [3.8, 4) is 5.75 Å². The number of para-hydroxylation sites is 1. The van der Waals surface area contributed by atoms with Crippen molar-refractivity contribution < 1.29 is 4.74 Å². The van der Waals surface area contributed by atoms with Crippen LogP contribution in [0.3, 0.4) is 0 Å². The lowest BCUT2D eigenvalue weighted by Crippen LogP contribution is -2.25. The number of hydrogen-bond donors (Lipinski definition) is 1. The highest BCUT2D eigenvalue weighted by Gasteiger charge is 2.12. The summed E-state index contributed by atoms with van der Waals surface area (Å²) in [6.07, 6.45) is 3.85. The molecular formula is C17H28N2O. The monoisotopic (exact) mass is 276 g/mol. The molecule has 1 aromatic rings. The average Bonchev–Trinajstić information content (AvgIpc) is 2.95. The topological polar surface area (TPSA) is 24.5 Å². The van der Waals surface area contributed by atoms with Crippen LogP contribution in [0.4, 0.5) is 0 Å². The van der Waals surface area contributed by atoms with Crippen LogP contribution in [-0.4, -0.2) is 37.7 Å². The molecule has 1 aromatic carbocycles. The summed E-state index contributed by atoms with van der Waals surface area (Å²) in [5.74, 6) is 1.08. The number of ether oxygens (including phenoxy) is 1. The Morgan fingerprint density at radius 3 is 2.80 bits per heavy atom. The highest BCUT2D eigenvalue weighted by Crippen LogP contribution is 2.23. The standard InChI is InChI=1S/C17H28N2O/c1-3-9-18-14-16-8-6-7-15(2)17(16)20-13-12-19-10-4-5-11-19/h6-8,18H,3-5,9-14H2,1-2H3. The van der Waals surface area contributed by atoms with E-state index in [-0.39, 0.29) is 0 Å². The first-order valence-corrected chi connectivity index (χ1v) is 7.95. The molecule has 0 aromatic heterocycles. The Morgan fingerprint density at radius 1 is 1.25 bits per heavy atom. The Labute approximate surface area is 123 Å². The van der Waals surface area contributed by atoms with Gasteiger partial charge in [0.25, 0.3) is 0 Å². The fourth-order valence-electron chi connectivity index (χ4n) is 2.74. The summed E-state index contributed by atoms with van der Waals surface area (Å²) in [5.41, 5.74) is 2.52. The van der Waals surface area contributed by atoms with E-state index in [1.54, 1.807) is 0 Å². The zero-order valence-corrected chi connectivity index (χ0v) is 13.0. The third-order valence-corrected chi connectivity index (χ3v) is 3.89. The van der Waals surface area contributed by atoms with E-state index in [0.717, 1.165) is 38.4 Å². The number of nitrogens with one attached hydrogen (secondary N) is 1. The van der Waals surface area contributed by atoms with Crippen molar-refractivity contribution in [2.24, 2.45) is 0 Å². The quantitative estimate of drug-likeness (QED) is 0.739. The van der Waals surface area contributed by atoms with E-state index in [9.17, 15) is 0 Å². The molecule has 3 nitrogen and oxygen atoms in total. The van der Waals surface area contributed by atoms with Gasteiger partial charge in [-0.15, -0.1) is 0 Å². The second kappa shape index (κ2) is 8.28. The van der Waals surface area contributed by atoms with Crippen molar-refractivity contribution in [2.75, 3.05) is 32.8 Å². The maximum Gasteiger partial charge on any atom is 0.126 e. The minimum Gasteiger partial charge on any atom is -0.492 e. The van der Waals surface area contributed by atoms with E-state index in [2.05, 4.69) is 42.3 Å². The minimum absolute atomic E-state index is 0.797. The molecule has 1 aliphatic heterocycles. The van der Waals surface area contributed by atoms with Gasteiger partial charge in [0.2, 0.25) is 0 Å². The van der Waals surface area contributed by atoms with E-state index in [4.69, 9.17) is 4.74 Å². The van der Waals surface area contributed by atoms with Crippen molar-refractivity contribution in [2.45, 2.75) is 39.7 Å². The molecular weight excluding hydrogens is 248 g/mol. The fraction of sp³-hybridized carbons (Fsp3) is 0.647. The predicted molar refractivity (Wildman–Crippen MR) is 84.3 cm³/mol. The molecule has 0 aliphatic carbocycles. The molecule has 1 heterocycles. The van der Waals surface area contributed by atoms with Crippen molar-refractivity contribution in [1.82, 2.24) is 10.2 Å². The van der Waals surface area contributed by atoms with Gasteiger partial charge in [-0.1, -0.05) is 25.1 Å². The lowest BCUT2D eigenvalue weighted by molar-refractivity contribution is 0.235. The van der Waals surface area contributed by atoms with Gasteiger partial charge in [0.15, 0.2) is 0 Å². The first-order chi connectivity index (χ1) is 9.81. The molecule has 0 atom stereocenters. The van der Waals surface area contributed by atoms with Crippen LogP contribution in [0.2, 0.25) is 0 Å². The van der Waals surface area contributed by atoms with E-state index < -0.39 is 0 Å². The number of benzene rings is 1. The maximum absolute atomic E-state index is 6.08. The van der Waals surface area contributed by atoms with Crippen LogP contribution in [0.15, 0.2) is 18.2 Å². The molecule has 1 N–H and O–H groups in total. The van der Waals surface area contributed by atoms with Gasteiger partial charge in [-0.25, -0.2) is 0 Å². The van der Waals surface area contributed by atoms with Gasteiger partial charge >= 0.3 is 0 Å². The van der Waals surface area contributed by atoms with Crippen molar-refractivity contribution in [3.05, 3.63) is 29.3 Å². The van der Waals surface area contributed by atoms with Gasteiger partial charge in [-0.3, -0.25) is 4.90 Å². The van der Waals surface area contributed by atoms with E-state index in [1.807, 2.05) is 0 Å². The van der Waals surface area contributed by atoms with Gasteiger partial charge in [0.1, 0.15) is 12.4 Å². The lowest BCUT2D eigenvalue weighted by atomic mass is 10.1. The molecule has 3 heteroatoms. The van der Waals surface area contributed by atoms with E-state index >= 15 is 0 Å². The summed E-state index contributed by atoms with van der Waals surface area (Å²) < 4.78 is 6.08. The van der Waals surface area contributed by atoms with Crippen LogP contribution >= 0.6 is 0 Å². The third-order valence-electron chi connectivity index (χ3n) is 3.89. The Kier molecular flexibility index (Phi) is 6.34. The molecule has 112 valence electrons. The van der Waals surface area contributed by atoms with Gasteiger partial charge in [0.05, 0.1) is 0 Å². The lowest BCUT2D eigenvalue weighted by Gasteiger charge is -2.18. The molecule has 20 heavy (non-hydrogen) atoms. The van der Waals surface area contributed by atoms with Gasteiger partial charge in [-0.2, -0.15) is 0 Å². The molecule has 0 saturated carbocycles. The third kappa shape index (κ3) is 4.50. The molecule has 0 amide bonds. The Balaban J connectivity index is 1.87. The second-order valence-corrected chi connectivity index (χ2v) is 5.64. The smallest absolute Gasteiger partial charge is 0.126 e. The number of nitrogens with zero attached hydrogens (tertiary/aromatic N) is 1. The van der Waals surface area contributed by atoms with Crippen LogP contribution in [0.5, 0.6) is 5.75 Å². The maximum atomic E-state index is 6.08. The number of rotatable bonds is 8. The van der Waals surface area contributed by atoms with Crippen LogP contribution in [0, 0.1) is 6.92 Å². The summed E-state index contributed by atoms with van der Waals surface area (Å²) in [7, 11) is 0. The molecule has 0 bridgehead atoms. The van der Waals surface area contributed by atoms with Crippen LogP contribution in [-0.2, 0) is 6.54 Å². The van der Waals surface area contributed by atoms with Crippen molar-refractivity contribution >= 4 is 0 Å². The Bertz CT molecular complexity index is 400. The molecule has 0 unspecified atom stereocenters. The van der Waals surface area contributed by atoms with Crippen molar-refractivity contribution in [1.29, 1.82) is 0 Å². The molecule has 1 fully saturated rings. The van der Waals surface area contributed by atoms with Crippen molar-refractivity contribution in [3.63, 3.8) is 0 Å². The number of likely N-dealkylation sites (tertiary alicyclic amines) is 1. The van der Waals surface area contributed by atoms with Gasteiger partial charge < -0.3 is 10.1 Å². The van der Waals surface area contributed by atoms with Crippen LogP contribution in [0.1, 0.15) is 37.3 Å². The zero-order valence-electron chi connectivity index (χ0n) is 13.0. The zero-order chi connectivity index (χ0) is 14.2. The number of aryl methyl sites for hydroxylation is 1. The largest absolute Gasteiger partial charge is 0.492 e. The highest BCUT2D eigenvalue weighted by molar-refractivity contribution is 5.40. The summed E-state index contributed by atoms with van der Waals surface area (Å²) in [4.78, 5) is 2.49.